The van der Waals surface area contributed by atoms with E-state index >= 15 is 0 Å². The van der Waals surface area contributed by atoms with Gasteiger partial charge in [-0.15, -0.1) is 0 Å². The number of aryl methyl sites for hydroxylation is 1. The van der Waals surface area contributed by atoms with Crippen molar-refractivity contribution in [1.29, 1.82) is 0 Å². The molecule has 0 bridgehead atoms. The van der Waals surface area contributed by atoms with Gasteiger partial charge in [0, 0.05) is 30.9 Å². The van der Waals surface area contributed by atoms with Crippen molar-refractivity contribution < 1.29 is 0 Å². The Kier molecular flexibility index (Phi) is 3.20. The van der Waals surface area contributed by atoms with Gasteiger partial charge in [0.25, 0.3) is 0 Å². The van der Waals surface area contributed by atoms with Crippen LogP contribution in [0.15, 0.2) is 18.2 Å². The highest BCUT2D eigenvalue weighted by Gasteiger charge is 2.25. The van der Waals surface area contributed by atoms with Crippen LogP contribution < -0.4 is 10.2 Å². The Morgan fingerprint density at radius 3 is 2.38 bits per heavy atom. The maximum absolute atomic E-state index is 3.48. The number of benzene rings is 1. The molecule has 2 rings (SSSR count). The highest BCUT2D eigenvalue weighted by atomic mass is 15.2. The standard InChI is InChI=1S/C14H22N2/c1-10-6-5-7-14(13(10)4)16-11(2)8-15-9-12(16)3/h5-7,11-12,15H,8-9H2,1-4H3/t11-,12+. The third-order valence-corrected chi connectivity index (χ3v) is 3.68. The Morgan fingerprint density at radius 2 is 1.75 bits per heavy atom. The molecule has 1 fully saturated rings. The average Bonchev–Trinajstić information content (AvgIpc) is 2.24. The zero-order valence-electron chi connectivity index (χ0n) is 10.7. The molecule has 16 heavy (non-hydrogen) atoms. The third-order valence-electron chi connectivity index (χ3n) is 3.68. The minimum Gasteiger partial charge on any atom is -0.363 e. The van der Waals surface area contributed by atoms with Crippen molar-refractivity contribution in [2.75, 3.05) is 18.0 Å². The summed E-state index contributed by atoms with van der Waals surface area (Å²) in [4.78, 5) is 2.55. The van der Waals surface area contributed by atoms with Gasteiger partial charge in [-0.05, 0) is 44.9 Å². The Labute approximate surface area is 98.7 Å². The molecule has 1 aromatic rings. The molecule has 2 nitrogen and oxygen atoms in total. The smallest absolute Gasteiger partial charge is 0.0404 e. The van der Waals surface area contributed by atoms with E-state index in [4.69, 9.17) is 0 Å². The van der Waals surface area contributed by atoms with E-state index in [1.807, 2.05) is 0 Å². The molecule has 1 heterocycles. The summed E-state index contributed by atoms with van der Waals surface area (Å²) in [6.07, 6.45) is 0. The van der Waals surface area contributed by atoms with Crippen molar-refractivity contribution in [3.8, 4) is 0 Å². The zero-order chi connectivity index (χ0) is 11.7. The fraction of sp³-hybridized carbons (Fsp3) is 0.571. The second kappa shape index (κ2) is 4.46. The van der Waals surface area contributed by atoms with E-state index in [2.05, 4.69) is 56.1 Å². The molecule has 1 aromatic carbocycles. The van der Waals surface area contributed by atoms with Crippen molar-refractivity contribution in [3.63, 3.8) is 0 Å². The minimum atomic E-state index is 0.573. The van der Waals surface area contributed by atoms with Gasteiger partial charge in [0.2, 0.25) is 0 Å². The summed E-state index contributed by atoms with van der Waals surface area (Å²) >= 11 is 0. The molecule has 2 atom stereocenters. The number of anilines is 1. The van der Waals surface area contributed by atoms with Gasteiger partial charge in [0.05, 0.1) is 0 Å². The van der Waals surface area contributed by atoms with Crippen LogP contribution in [0, 0.1) is 13.8 Å². The summed E-state index contributed by atoms with van der Waals surface area (Å²) in [5, 5.41) is 3.48. The molecule has 1 aliphatic rings. The lowest BCUT2D eigenvalue weighted by Crippen LogP contribution is -2.55. The first kappa shape index (κ1) is 11.5. The predicted molar refractivity (Wildman–Crippen MR) is 70.2 cm³/mol. The minimum absolute atomic E-state index is 0.573. The van der Waals surface area contributed by atoms with Crippen LogP contribution in [0.5, 0.6) is 0 Å². The summed E-state index contributed by atoms with van der Waals surface area (Å²) in [6.45, 7) is 11.2. The maximum Gasteiger partial charge on any atom is 0.0404 e. The number of nitrogens with one attached hydrogen (secondary N) is 1. The second-order valence-corrected chi connectivity index (χ2v) is 4.98. The molecular weight excluding hydrogens is 196 g/mol. The van der Waals surface area contributed by atoms with Crippen molar-refractivity contribution in [3.05, 3.63) is 29.3 Å². The number of hydrogen-bond acceptors (Lipinski definition) is 2. The lowest BCUT2D eigenvalue weighted by Gasteiger charge is -2.42. The van der Waals surface area contributed by atoms with E-state index in [0.29, 0.717) is 12.1 Å². The summed E-state index contributed by atoms with van der Waals surface area (Å²) in [6, 6.07) is 7.75. The van der Waals surface area contributed by atoms with E-state index in [0.717, 1.165) is 13.1 Å². The highest BCUT2D eigenvalue weighted by Crippen LogP contribution is 2.27. The quantitative estimate of drug-likeness (QED) is 0.779. The number of rotatable bonds is 1. The maximum atomic E-state index is 3.48. The first-order valence-electron chi connectivity index (χ1n) is 6.16. The molecule has 1 aliphatic heterocycles. The van der Waals surface area contributed by atoms with E-state index in [9.17, 15) is 0 Å². The fourth-order valence-electron chi connectivity index (χ4n) is 2.62. The van der Waals surface area contributed by atoms with Gasteiger partial charge in [-0.25, -0.2) is 0 Å². The topological polar surface area (TPSA) is 15.3 Å². The molecule has 0 amide bonds. The molecule has 0 spiro atoms. The van der Waals surface area contributed by atoms with Gasteiger partial charge in [-0.2, -0.15) is 0 Å². The molecular formula is C14H22N2. The number of hydrogen-bond donors (Lipinski definition) is 1. The van der Waals surface area contributed by atoms with Gasteiger partial charge >= 0.3 is 0 Å². The third kappa shape index (κ3) is 1.94. The van der Waals surface area contributed by atoms with Gasteiger partial charge in [-0.1, -0.05) is 12.1 Å². The van der Waals surface area contributed by atoms with Gasteiger partial charge in [0.1, 0.15) is 0 Å². The first-order valence-corrected chi connectivity index (χ1v) is 6.16. The number of piperazine rings is 1. The van der Waals surface area contributed by atoms with Crippen LogP contribution in [0.2, 0.25) is 0 Å². The number of nitrogens with zero attached hydrogens (tertiary/aromatic N) is 1. The molecule has 1 saturated heterocycles. The highest BCUT2D eigenvalue weighted by molar-refractivity contribution is 5.57. The predicted octanol–water partition coefficient (Wildman–Crippen LogP) is 2.49. The van der Waals surface area contributed by atoms with Crippen LogP contribution in [0.25, 0.3) is 0 Å². The van der Waals surface area contributed by atoms with Crippen LogP contribution in [0.4, 0.5) is 5.69 Å². The normalized spacial score (nSPS) is 25.9. The van der Waals surface area contributed by atoms with Crippen LogP contribution in [0.3, 0.4) is 0 Å². The summed E-state index contributed by atoms with van der Waals surface area (Å²) in [7, 11) is 0. The summed E-state index contributed by atoms with van der Waals surface area (Å²) in [5.74, 6) is 0. The van der Waals surface area contributed by atoms with Crippen molar-refractivity contribution in [2.45, 2.75) is 39.8 Å². The molecule has 0 aromatic heterocycles. The van der Waals surface area contributed by atoms with Crippen LogP contribution in [0.1, 0.15) is 25.0 Å². The molecule has 0 saturated carbocycles. The van der Waals surface area contributed by atoms with E-state index in [1.54, 1.807) is 0 Å². The first-order chi connectivity index (χ1) is 7.61. The van der Waals surface area contributed by atoms with E-state index < -0.39 is 0 Å². The second-order valence-electron chi connectivity index (χ2n) is 4.98. The average molecular weight is 218 g/mol. The lowest BCUT2D eigenvalue weighted by molar-refractivity contribution is 0.431. The molecule has 0 radical (unpaired) electrons. The van der Waals surface area contributed by atoms with Gasteiger partial charge < -0.3 is 10.2 Å². The van der Waals surface area contributed by atoms with Crippen LogP contribution in [-0.4, -0.2) is 25.2 Å². The molecule has 0 aliphatic carbocycles. The lowest BCUT2D eigenvalue weighted by atomic mass is 10.0. The van der Waals surface area contributed by atoms with E-state index in [1.165, 1.54) is 16.8 Å². The largest absolute Gasteiger partial charge is 0.363 e. The SMILES string of the molecule is Cc1cccc(N2[C@H](C)CNC[C@@H]2C)c1C. The Balaban J connectivity index is 2.38. The van der Waals surface area contributed by atoms with Crippen molar-refractivity contribution in [1.82, 2.24) is 5.32 Å². The zero-order valence-corrected chi connectivity index (χ0v) is 10.7. The Morgan fingerprint density at radius 1 is 1.12 bits per heavy atom. The molecule has 2 heteroatoms. The summed E-state index contributed by atoms with van der Waals surface area (Å²) < 4.78 is 0. The van der Waals surface area contributed by atoms with E-state index in [-0.39, 0.29) is 0 Å². The van der Waals surface area contributed by atoms with Crippen molar-refractivity contribution >= 4 is 5.69 Å². The summed E-state index contributed by atoms with van der Waals surface area (Å²) in [5.41, 5.74) is 4.21. The molecule has 0 unspecified atom stereocenters. The van der Waals surface area contributed by atoms with Crippen molar-refractivity contribution in [2.24, 2.45) is 0 Å². The Hall–Kier alpha value is -1.02. The van der Waals surface area contributed by atoms with Gasteiger partial charge in [0.15, 0.2) is 0 Å². The molecule has 1 N–H and O–H groups in total. The monoisotopic (exact) mass is 218 g/mol. The van der Waals surface area contributed by atoms with Crippen LogP contribution in [-0.2, 0) is 0 Å². The molecule has 88 valence electrons. The van der Waals surface area contributed by atoms with Crippen LogP contribution >= 0.6 is 0 Å². The fourth-order valence-corrected chi connectivity index (χ4v) is 2.62. The Bertz CT molecular complexity index is 363. The van der Waals surface area contributed by atoms with Gasteiger partial charge in [-0.3, -0.25) is 0 Å².